The number of rotatable bonds is 6. The van der Waals surface area contributed by atoms with Crippen LogP contribution < -0.4 is 5.73 Å². The lowest BCUT2D eigenvalue weighted by Crippen LogP contribution is -2.54. The minimum absolute atomic E-state index is 0.00332. The van der Waals surface area contributed by atoms with Crippen LogP contribution in [0.4, 0.5) is 22.0 Å². The van der Waals surface area contributed by atoms with Crippen molar-refractivity contribution in [3.05, 3.63) is 82.4 Å². The second-order valence-corrected chi connectivity index (χ2v) is 10.9. The molecular formula is C29H23ClF5N7O. The van der Waals surface area contributed by atoms with Crippen LogP contribution in [0.15, 0.2) is 54.6 Å². The zero-order chi connectivity index (χ0) is 30.5. The van der Waals surface area contributed by atoms with Crippen molar-refractivity contribution in [3.63, 3.8) is 0 Å². The molecular weight excluding hydrogens is 593 g/mol. The van der Waals surface area contributed by atoms with Crippen LogP contribution in [0.1, 0.15) is 43.2 Å². The van der Waals surface area contributed by atoms with E-state index >= 15 is 13.2 Å². The molecule has 1 aliphatic carbocycles. The third-order valence-electron chi connectivity index (χ3n) is 8.06. The number of primary amides is 1. The van der Waals surface area contributed by atoms with Crippen molar-refractivity contribution in [1.29, 1.82) is 0 Å². The molecule has 0 saturated heterocycles. The van der Waals surface area contributed by atoms with Gasteiger partial charge in [0.1, 0.15) is 5.82 Å². The number of H-pyrrole nitrogens is 1. The molecule has 3 aromatic carbocycles. The summed E-state index contributed by atoms with van der Waals surface area (Å²) < 4.78 is 75.6. The summed E-state index contributed by atoms with van der Waals surface area (Å²) in [6.45, 7) is 0. The monoisotopic (exact) mass is 615 g/mol. The number of aromatic nitrogens is 6. The van der Waals surface area contributed by atoms with Crippen LogP contribution in [-0.2, 0) is 16.5 Å². The molecule has 2 heterocycles. The molecule has 0 aliphatic heterocycles. The first kappa shape index (κ1) is 28.7. The lowest BCUT2D eigenvalue weighted by Gasteiger charge is -2.44. The molecule has 0 spiro atoms. The van der Waals surface area contributed by atoms with Crippen LogP contribution in [0.2, 0.25) is 5.02 Å². The Bertz CT molecular complexity index is 1820. The van der Waals surface area contributed by atoms with E-state index in [2.05, 4.69) is 25.6 Å². The van der Waals surface area contributed by atoms with Crippen molar-refractivity contribution >= 4 is 28.5 Å². The van der Waals surface area contributed by atoms with Gasteiger partial charge >= 0.3 is 6.18 Å². The smallest absolute Gasteiger partial charge is 0.367 e. The highest BCUT2D eigenvalue weighted by Crippen LogP contribution is 2.50. The zero-order valence-electron chi connectivity index (χ0n) is 22.3. The molecule has 1 fully saturated rings. The maximum Gasteiger partial charge on any atom is 0.416 e. The Morgan fingerprint density at radius 1 is 0.930 bits per heavy atom. The summed E-state index contributed by atoms with van der Waals surface area (Å²) in [5.74, 6) is -4.42. The first-order valence-electron chi connectivity index (χ1n) is 13.4. The maximum atomic E-state index is 15.0. The minimum Gasteiger partial charge on any atom is -0.367 e. The Morgan fingerprint density at radius 2 is 1.60 bits per heavy atom. The van der Waals surface area contributed by atoms with Gasteiger partial charge in [0.05, 0.1) is 16.6 Å². The minimum atomic E-state index is -4.97. The predicted octanol–water partition coefficient (Wildman–Crippen LogP) is 6.64. The van der Waals surface area contributed by atoms with Gasteiger partial charge in [0.15, 0.2) is 17.2 Å². The molecule has 1 atom stereocenters. The van der Waals surface area contributed by atoms with Crippen LogP contribution in [0.25, 0.3) is 33.8 Å². The third-order valence-corrected chi connectivity index (χ3v) is 8.31. The number of carbonyl (C=O) groups is 1. The predicted molar refractivity (Wildman–Crippen MR) is 148 cm³/mol. The van der Waals surface area contributed by atoms with Crippen LogP contribution >= 0.6 is 11.6 Å². The van der Waals surface area contributed by atoms with E-state index in [1.807, 2.05) is 0 Å². The fraction of sp³-hybridized carbons (Fsp3) is 0.276. The number of carbonyl (C=O) groups excluding carboxylic acids is 1. The molecule has 14 heteroatoms. The molecule has 3 N–H and O–H groups in total. The first-order chi connectivity index (χ1) is 20.5. The summed E-state index contributed by atoms with van der Waals surface area (Å²) in [5.41, 5.74) is 2.56. The molecule has 8 nitrogen and oxygen atoms in total. The molecule has 0 radical (unpaired) electrons. The number of nitrogens with one attached hydrogen (secondary N) is 1. The quantitative estimate of drug-likeness (QED) is 0.208. The van der Waals surface area contributed by atoms with E-state index in [9.17, 15) is 13.6 Å². The summed E-state index contributed by atoms with van der Waals surface area (Å²) in [5, 5.41) is 13.6. The lowest BCUT2D eigenvalue weighted by atomic mass is 9.68. The van der Waals surface area contributed by atoms with Crippen molar-refractivity contribution in [2.45, 2.75) is 43.8 Å². The molecule has 5 aromatic rings. The number of tetrazole rings is 1. The molecule has 222 valence electrons. The molecule has 2 aromatic heterocycles. The lowest BCUT2D eigenvalue weighted by molar-refractivity contribution is -0.140. The van der Waals surface area contributed by atoms with Gasteiger partial charge in [-0.05, 0) is 59.9 Å². The van der Waals surface area contributed by atoms with Gasteiger partial charge in [0, 0.05) is 28.3 Å². The van der Waals surface area contributed by atoms with Gasteiger partial charge in [-0.3, -0.25) is 4.79 Å². The normalized spacial score (nSPS) is 16.0. The van der Waals surface area contributed by atoms with Gasteiger partial charge in [0.2, 0.25) is 11.7 Å². The summed E-state index contributed by atoms with van der Waals surface area (Å²) in [4.78, 5) is 18.5. The number of nitrogens with zero attached hydrogens (tertiary/aromatic N) is 5. The highest BCUT2D eigenvalue weighted by Gasteiger charge is 2.53. The fourth-order valence-electron chi connectivity index (χ4n) is 6.24. The highest BCUT2D eigenvalue weighted by molar-refractivity contribution is 6.30. The molecule has 1 saturated carbocycles. The second kappa shape index (κ2) is 10.7. The van der Waals surface area contributed by atoms with E-state index in [4.69, 9.17) is 17.3 Å². The van der Waals surface area contributed by atoms with Crippen molar-refractivity contribution in [3.8, 4) is 22.8 Å². The topological polar surface area (TPSA) is 115 Å². The molecule has 6 rings (SSSR count). The Kier molecular flexibility index (Phi) is 7.15. The number of alkyl halides is 3. The van der Waals surface area contributed by atoms with E-state index in [0.717, 1.165) is 24.6 Å². The second-order valence-electron chi connectivity index (χ2n) is 10.5. The maximum absolute atomic E-state index is 15.0. The van der Waals surface area contributed by atoms with E-state index in [-0.39, 0.29) is 28.2 Å². The van der Waals surface area contributed by atoms with E-state index < -0.39 is 46.3 Å². The molecule has 1 unspecified atom stereocenters. The summed E-state index contributed by atoms with van der Waals surface area (Å²) in [6.07, 6.45) is -2.24. The van der Waals surface area contributed by atoms with Crippen LogP contribution in [-0.4, -0.2) is 36.1 Å². The fourth-order valence-corrected chi connectivity index (χ4v) is 6.37. The number of hydrogen-bond acceptors (Lipinski definition) is 5. The van der Waals surface area contributed by atoms with Crippen molar-refractivity contribution in [1.82, 2.24) is 30.2 Å². The van der Waals surface area contributed by atoms with Crippen LogP contribution in [0, 0.1) is 17.6 Å². The van der Waals surface area contributed by atoms with E-state index in [1.165, 1.54) is 28.8 Å². The number of fused-ring (bicyclic) bond motifs is 1. The number of imidazole rings is 1. The third kappa shape index (κ3) is 4.81. The van der Waals surface area contributed by atoms with Gasteiger partial charge in [0.25, 0.3) is 0 Å². The zero-order valence-corrected chi connectivity index (χ0v) is 23.1. The number of benzene rings is 3. The number of hydrogen-bond donors (Lipinski definition) is 2. The molecule has 43 heavy (non-hydrogen) atoms. The average Bonchev–Trinajstić information content (AvgIpc) is 3.64. The first-order valence-corrected chi connectivity index (χ1v) is 13.8. The van der Waals surface area contributed by atoms with Gasteiger partial charge in [-0.15, -0.1) is 10.2 Å². The van der Waals surface area contributed by atoms with Gasteiger partial charge in [-0.25, -0.2) is 13.8 Å². The average molecular weight is 616 g/mol. The Labute approximate surface area is 246 Å². The van der Waals surface area contributed by atoms with Crippen molar-refractivity contribution < 1.29 is 26.7 Å². The molecule has 1 aliphatic rings. The summed E-state index contributed by atoms with van der Waals surface area (Å²) >= 11 is 6.10. The largest absolute Gasteiger partial charge is 0.416 e. The van der Waals surface area contributed by atoms with Gasteiger partial charge in [-0.1, -0.05) is 43.0 Å². The van der Waals surface area contributed by atoms with Crippen LogP contribution in [0.3, 0.4) is 0 Å². The molecule has 1 amide bonds. The SMILES string of the molecule is NC(=O)C(c1ccc(-c2nn[nH]n2)cc1C(F)(F)F)(C1CCCCC1)n1c(-c2ccc(Cl)cc2)nc2cc(F)c(F)cc21. The number of aromatic amines is 1. The van der Waals surface area contributed by atoms with E-state index in [0.29, 0.717) is 36.3 Å². The highest BCUT2D eigenvalue weighted by atomic mass is 35.5. The Morgan fingerprint density at radius 3 is 2.23 bits per heavy atom. The van der Waals surface area contributed by atoms with Crippen molar-refractivity contribution in [2.24, 2.45) is 11.7 Å². The van der Waals surface area contributed by atoms with Gasteiger partial charge in [-0.2, -0.15) is 18.4 Å². The van der Waals surface area contributed by atoms with Crippen molar-refractivity contribution in [2.75, 3.05) is 0 Å². The Balaban J connectivity index is 1.78. The summed E-state index contributed by atoms with van der Waals surface area (Å²) in [6, 6.07) is 11.2. The molecule has 0 bridgehead atoms. The van der Waals surface area contributed by atoms with Gasteiger partial charge < -0.3 is 10.3 Å². The summed E-state index contributed by atoms with van der Waals surface area (Å²) in [7, 11) is 0. The number of nitrogens with two attached hydrogens (primary N) is 1. The number of amides is 1. The standard InChI is InChI=1S/C29H23ClF5N7O/c30-18-9-6-15(7-10-18)26-37-23-13-21(31)22(32)14-24(23)42(26)28(27(36)43,17-4-2-1-3-5-17)19-11-8-16(25-38-40-41-39-25)12-20(19)29(33,34)35/h6-14,17H,1-5H2,(H2,36,43)(H,38,39,40,41). The number of halogens is 6. The Hall–Kier alpha value is -4.39. The van der Waals surface area contributed by atoms with E-state index in [1.54, 1.807) is 12.1 Å². The van der Waals surface area contributed by atoms with Crippen LogP contribution in [0.5, 0.6) is 0 Å².